The van der Waals surface area contributed by atoms with Crippen LogP contribution in [0.4, 0.5) is 0 Å². The molecule has 2 rings (SSSR count). The maximum atomic E-state index is 7.40. The lowest BCUT2D eigenvalue weighted by Crippen LogP contribution is -2.35. The van der Waals surface area contributed by atoms with Crippen molar-refractivity contribution in [2.45, 2.75) is 6.54 Å². The molecule has 0 spiro atoms. The average Bonchev–Trinajstić information content (AvgIpc) is 2.30. The summed E-state index contributed by atoms with van der Waals surface area (Å²) in [5, 5.41) is 7.40. The lowest BCUT2D eigenvalue weighted by Gasteiger charge is -2.26. The Labute approximate surface area is 120 Å². The minimum absolute atomic E-state index is 0. The molecular weight excluding hydrogens is 273 g/mol. The van der Waals surface area contributed by atoms with Gasteiger partial charge in [0.15, 0.2) is 0 Å². The van der Waals surface area contributed by atoms with Crippen LogP contribution in [0.5, 0.6) is 0 Å². The second kappa shape index (κ2) is 8.32. The Hall–Kier alpha value is -0.810. The first kappa shape index (κ1) is 17.2. The van der Waals surface area contributed by atoms with E-state index in [4.69, 9.17) is 15.9 Å². The summed E-state index contributed by atoms with van der Waals surface area (Å²) >= 11 is 0. The second-order valence-electron chi connectivity index (χ2n) is 4.00. The van der Waals surface area contributed by atoms with E-state index in [1.165, 1.54) is 5.56 Å². The molecule has 1 aliphatic rings. The molecule has 1 heterocycles. The molecule has 3 N–H and O–H groups in total. The lowest BCUT2D eigenvalue weighted by molar-refractivity contribution is 0.0342. The second-order valence-corrected chi connectivity index (χ2v) is 4.00. The molecule has 0 radical (unpaired) electrons. The van der Waals surface area contributed by atoms with Gasteiger partial charge in [-0.25, -0.2) is 0 Å². The predicted molar refractivity (Wildman–Crippen MR) is 78.1 cm³/mol. The topological polar surface area (TPSA) is 62.3 Å². The van der Waals surface area contributed by atoms with E-state index in [0.717, 1.165) is 38.4 Å². The zero-order valence-electron chi connectivity index (χ0n) is 10.1. The van der Waals surface area contributed by atoms with Crippen molar-refractivity contribution in [3.8, 4) is 0 Å². The van der Waals surface area contributed by atoms with E-state index in [-0.39, 0.29) is 30.6 Å². The standard InChI is InChI=1S/C12H17N3O.2ClH/c13-12(14)11-3-1-2-10(8-11)9-15-4-6-16-7-5-15;;/h1-3,8H,4-7,9H2,(H3,13,14);2*1H. The number of hydrogen-bond donors (Lipinski definition) is 2. The number of morpholine rings is 1. The first-order valence-corrected chi connectivity index (χ1v) is 5.49. The van der Waals surface area contributed by atoms with E-state index in [1.54, 1.807) is 0 Å². The molecule has 0 aromatic heterocycles. The number of nitrogens with two attached hydrogens (primary N) is 1. The van der Waals surface area contributed by atoms with E-state index in [2.05, 4.69) is 11.0 Å². The zero-order chi connectivity index (χ0) is 11.4. The number of rotatable bonds is 3. The smallest absolute Gasteiger partial charge is 0.122 e. The highest BCUT2D eigenvalue weighted by Crippen LogP contribution is 2.09. The quantitative estimate of drug-likeness (QED) is 0.657. The molecule has 1 aliphatic heterocycles. The van der Waals surface area contributed by atoms with Gasteiger partial charge in [0.2, 0.25) is 0 Å². The zero-order valence-corrected chi connectivity index (χ0v) is 11.7. The Bertz CT molecular complexity index is 381. The number of amidine groups is 1. The Balaban J connectivity index is 0.00000144. The number of nitrogen functional groups attached to an aromatic ring is 1. The normalized spacial score (nSPS) is 15.3. The van der Waals surface area contributed by atoms with Crippen LogP contribution in [-0.2, 0) is 11.3 Å². The molecular formula is C12H19Cl2N3O. The van der Waals surface area contributed by atoms with Gasteiger partial charge in [-0.05, 0) is 11.6 Å². The van der Waals surface area contributed by atoms with Crippen LogP contribution in [0, 0.1) is 5.41 Å². The fourth-order valence-electron chi connectivity index (χ4n) is 1.85. The maximum absolute atomic E-state index is 7.40. The number of benzene rings is 1. The number of nitrogens with zero attached hydrogens (tertiary/aromatic N) is 1. The van der Waals surface area contributed by atoms with Gasteiger partial charge in [-0.2, -0.15) is 0 Å². The molecule has 6 heteroatoms. The Morgan fingerprint density at radius 3 is 2.56 bits per heavy atom. The van der Waals surface area contributed by atoms with Crippen LogP contribution in [-0.4, -0.2) is 37.0 Å². The molecule has 0 unspecified atom stereocenters. The van der Waals surface area contributed by atoms with Crippen molar-refractivity contribution < 1.29 is 4.74 Å². The minimum atomic E-state index is 0. The van der Waals surface area contributed by atoms with E-state index >= 15 is 0 Å². The summed E-state index contributed by atoms with van der Waals surface area (Å²) in [6, 6.07) is 7.87. The third kappa shape index (κ3) is 4.82. The molecule has 18 heavy (non-hydrogen) atoms. The van der Waals surface area contributed by atoms with Crippen LogP contribution in [0.1, 0.15) is 11.1 Å². The third-order valence-electron chi connectivity index (χ3n) is 2.75. The van der Waals surface area contributed by atoms with Crippen LogP contribution in [0.3, 0.4) is 0 Å². The van der Waals surface area contributed by atoms with Crippen molar-refractivity contribution in [3.63, 3.8) is 0 Å². The Kier molecular flexibility index (Phi) is 7.95. The fraction of sp³-hybridized carbons (Fsp3) is 0.417. The van der Waals surface area contributed by atoms with E-state index in [0.29, 0.717) is 0 Å². The summed E-state index contributed by atoms with van der Waals surface area (Å²) in [4.78, 5) is 2.35. The predicted octanol–water partition coefficient (Wildman–Crippen LogP) is 1.65. The van der Waals surface area contributed by atoms with Crippen molar-refractivity contribution in [1.82, 2.24) is 4.90 Å². The minimum Gasteiger partial charge on any atom is -0.384 e. The van der Waals surface area contributed by atoms with Crippen LogP contribution in [0.15, 0.2) is 24.3 Å². The molecule has 0 atom stereocenters. The number of hydrogen-bond acceptors (Lipinski definition) is 3. The van der Waals surface area contributed by atoms with Crippen molar-refractivity contribution in [3.05, 3.63) is 35.4 Å². The van der Waals surface area contributed by atoms with Crippen molar-refractivity contribution in [1.29, 1.82) is 5.41 Å². The summed E-state index contributed by atoms with van der Waals surface area (Å²) in [5.74, 6) is 0.129. The van der Waals surface area contributed by atoms with Crippen LogP contribution in [0.2, 0.25) is 0 Å². The summed E-state index contributed by atoms with van der Waals surface area (Å²) in [6.07, 6.45) is 0. The lowest BCUT2D eigenvalue weighted by atomic mass is 10.1. The fourth-order valence-corrected chi connectivity index (χ4v) is 1.85. The highest BCUT2D eigenvalue weighted by molar-refractivity contribution is 5.95. The number of nitrogens with one attached hydrogen (secondary N) is 1. The summed E-state index contributed by atoms with van der Waals surface area (Å²) in [6.45, 7) is 4.48. The first-order chi connectivity index (χ1) is 7.75. The molecule has 1 saturated heterocycles. The van der Waals surface area contributed by atoms with Gasteiger partial charge >= 0.3 is 0 Å². The number of halogens is 2. The molecule has 0 aliphatic carbocycles. The van der Waals surface area contributed by atoms with Crippen LogP contribution < -0.4 is 5.73 Å². The van der Waals surface area contributed by atoms with Crippen molar-refractivity contribution >= 4 is 30.6 Å². The summed E-state index contributed by atoms with van der Waals surface area (Å²) < 4.78 is 5.30. The summed E-state index contributed by atoms with van der Waals surface area (Å²) in [7, 11) is 0. The van der Waals surface area contributed by atoms with Crippen LogP contribution in [0.25, 0.3) is 0 Å². The molecule has 1 fully saturated rings. The molecule has 102 valence electrons. The van der Waals surface area contributed by atoms with Gasteiger partial charge in [-0.1, -0.05) is 18.2 Å². The summed E-state index contributed by atoms with van der Waals surface area (Å²) in [5.41, 5.74) is 7.47. The monoisotopic (exact) mass is 291 g/mol. The Morgan fingerprint density at radius 2 is 1.94 bits per heavy atom. The molecule has 1 aromatic rings. The highest BCUT2D eigenvalue weighted by Gasteiger charge is 2.10. The van der Waals surface area contributed by atoms with Crippen molar-refractivity contribution in [2.75, 3.05) is 26.3 Å². The van der Waals surface area contributed by atoms with E-state index < -0.39 is 0 Å². The van der Waals surface area contributed by atoms with Gasteiger partial charge in [0.05, 0.1) is 13.2 Å². The molecule has 0 amide bonds. The van der Waals surface area contributed by atoms with Gasteiger partial charge in [0.25, 0.3) is 0 Å². The van der Waals surface area contributed by atoms with Gasteiger partial charge in [-0.3, -0.25) is 10.3 Å². The molecule has 0 saturated carbocycles. The molecule has 1 aromatic carbocycles. The van der Waals surface area contributed by atoms with Gasteiger partial charge in [0, 0.05) is 25.2 Å². The SMILES string of the molecule is Cl.Cl.N=C(N)c1cccc(CN2CCOCC2)c1. The molecule has 4 nitrogen and oxygen atoms in total. The van der Waals surface area contributed by atoms with Gasteiger partial charge in [0.1, 0.15) is 5.84 Å². The first-order valence-electron chi connectivity index (χ1n) is 5.49. The van der Waals surface area contributed by atoms with Crippen molar-refractivity contribution in [2.24, 2.45) is 5.73 Å². The largest absolute Gasteiger partial charge is 0.384 e. The number of ether oxygens (including phenoxy) is 1. The van der Waals surface area contributed by atoms with E-state index in [9.17, 15) is 0 Å². The third-order valence-corrected chi connectivity index (χ3v) is 2.75. The van der Waals surface area contributed by atoms with Gasteiger partial charge in [-0.15, -0.1) is 24.8 Å². The van der Waals surface area contributed by atoms with Gasteiger partial charge < -0.3 is 10.5 Å². The maximum Gasteiger partial charge on any atom is 0.122 e. The van der Waals surface area contributed by atoms with Crippen LogP contribution >= 0.6 is 24.8 Å². The highest BCUT2D eigenvalue weighted by atomic mass is 35.5. The molecule has 0 bridgehead atoms. The Morgan fingerprint density at radius 1 is 1.28 bits per heavy atom. The van der Waals surface area contributed by atoms with E-state index in [1.807, 2.05) is 18.2 Å². The average molecular weight is 292 g/mol.